The van der Waals surface area contributed by atoms with Crippen LogP contribution in [0, 0.1) is 5.92 Å². The molecule has 1 heterocycles. The minimum absolute atomic E-state index is 0.727. The lowest BCUT2D eigenvalue weighted by atomic mass is 9.84. The molecule has 0 aliphatic heterocycles. The van der Waals surface area contributed by atoms with E-state index in [0.29, 0.717) is 0 Å². The van der Waals surface area contributed by atoms with Crippen LogP contribution in [-0.2, 0) is 6.54 Å². The molecule has 1 aliphatic rings. The SMILES string of the molecule is CCC1CCC(N(C)Cc2ccnc(NN)c2)CC1. The number of hydrogen-bond acceptors (Lipinski definition) is 4. The maximum absolute atomic E-state index is 5.40. The summed E-state index contributed by atoms with van der Waals surface area (Å²) in [6.45, 7) is 3.28. The molecule has 1 aromatic heterocycles. The predicted molar refractivity (Wildman–Crippen MR) is 79.6 cm³/mol. The van der Waals surface area contributed by atoms with Crippen LogP contribution in [0.4, 0.5) is 5.82 Å². The number of nitrogens with two attached hydrogens (primary N) is 1. The van der Waals surface area contributed by atoms with Gasteiger partial charge in [-0.15, -0.1) is 0 Å². The van der Waals surface area contributed by atoms with Crippen LogP contribution >= 0.6 is 0 Å². The van der Waals surface area contributed by atoms with Crippen molar-refractivity contribution in [2.45, 2.75) is 51.6 Å². The van der Waals surface area contributed by atoms with Crippen molar-refractivity contribution in [3.63, 3.8) is 0 Å². The Morgan fingerprint density at radius 2 is 2.11 bits per heavy atom. The van der Waals surface area contributed by atoms with Crippen molar-refractivity contribution in [2.75, 3.05) is 12.5 Å². The van der Waals surface area contributed by atoms with Gasteiger partial charge in [-0.1, -0.05) is 13.3 Å². The van der Waals surface area contributed by atoms with Crippen molar-refractivity contribution in [1.82, 2.24) is 9.88 Å². The van der Waals surface area contributed by atoms with Crippen LogP contribution in [0.15, 0.2) is 18.3 Å². The van der Waals surface area contributed by atoms with Gasteiger partial charge in [-0.3, -0.25) is 4.90 Å². The van der Waals surface area contributed by atoms with Crippen molar-refractivity contribution < 1.29 is 0 Å². The summed E-state index contributed by atoms with van der Waals surface area (Å²) in [7, 11) is 2.23. The van der Waals surface area contributed by atoms with Crippen molar-refractivity contribution in [3.05, 3.63) is 23.9 Å². The Kier molecular flexibility index (Phi) is 5.16. The first kappa shape index (κ1) is 14.3. The molecular weight excluding hydrogens is 236 g/mol. The number of nitrogens with zero attached hydrogens (tertiary/aromatic N) is 2. The molecule has 4 heteroatoms. The first-order valence-corrected chi connectivity index (χ1v) is 7.34. The standard InChI is InChI=1S/C15H26N4/c1-3-12-4-6-14(7-5-12)19(2)11-13-8-9-17-15(10-13)18-16/h8-10,12,14H,3-7,11,16H2,1-2H3,(H,17,18). The van der Waals surface area contributed by atoms with E-state index in [4.69, 9.17) is 5.84 Å². The number of anilines is 1. The lowest BCUT2D eigenvalue weighted by Gasteiger charge is -2.34. The second kappa shape index (κ2) is 6.87. The van der Waals surface area contributed by atoms with Crippen molar-refractivity contribution in [2.24, 2.45) is 11.8 Å². The molecule has 0 unspecified atom stereocenters. The Hall–Kier alpha value is -1.13. The van der Waals surface area contributed by atoms with E-state index in [-0.39, 0.29) is 0 Å². The summed E-state index contributed by atoms with van der Waals surface area (Å²) >= 11 is 0. The van der Waals surface area contributed by atoms with Crippen molar-refractivity contribution in [1.29, 1.82) is 0 Å². The molecule has 3 N–H and O–H groups in total. The van der Waals surface area contributed by atoms with Crippen LogP contribution < -0.4 is 11.3 Å². The summed E-state index contributed by atoms with van der Waals surface area (Å²) in [5.41, 5.74) is 3.87. The number of hydrogen-bond donors (Lipinski definition) is 2. The number of aromatic nitrogens is 1. The number of pyridine rings is 1. The number of nitrogens with one attached hydrogen (secondary N) is 1. The van der Waals surface area contributed by atoms with E-state index < -0.39 is 0 Å². The van der Waals surface area contributed by atoms with E-state index in [1.165, 1.54) is 37.7 Å². The van der Waals surface area contributed by atoms with Gasteiger partial charge in [-0.05, 0) is 56.3 Å². The highest BCUT2D eigenvalue weighted by Gasteiger charge is 2.22. The summed E-state index contributed by atoms with van der Waals surface area (Å²) < 4.78 is 0. The third-order valence-corrected chi connectivity index (χ3v) is 4.42. The minimum atomic E-state index is 0.727. The summed E-state index contributed by atoms with van der Waals surface area (Å²) in [5, 5.41) is 0. The first-order valence-electron chi connectivity index (χ1n) is 7.34. The van der Waals surface area contributed by atoms with Crippen molar-refractivity contribution in [3.8, 4) is 0 Å². The fourth-order valence-corrected chi connectivity index (χ4v) is 3.06. The zero-order valence-electron chi connectivity index (χ0n) is 12.1. The highest BCUT2D eigenvalue weighted by molar-refractivity contribution is 5.35. The molecular formula is C15H26N4. The summed E-state index contributed by atoms with van der Waals surface area (Å²) in [6, 6.07) is 4.81. The van der Waals surface area contributed by atoms with E-state index in [2.05, 4.69) is 35.3 Å². The lowest BCUT2D eigenvalue weighted by molar-refractivity contribution is 0.157. The van der Waals surface area contributed by atoms with E-state index >= 15 is 0 Å². The highest BCUT2D eigenvalue weighted by atomic mass is 15.2. The number of hydrazine groups is 1. The molecule has 0 saturated heterocycles. The third kappa shape index (κ3) is 3.91. The molecule has 0 amide bonds. The van der Waals surface area contributed by atoms with Gasteiger partial charge in [0.1, 0.15) is 5.82 Å². The Bertz CT molecular complexity index is 385. The third-order valence-electron chi connectivity index (χ3n) is 4.42. The van der Waals surface area contributed by atoms with Gasteiger partial charge in [0.15, 0.2) is 0 Å². The van der Waals surface area contributed by atoms with Crippen LogP contribution in [0.2, 0.25) is 0 Å². The van der Waals surface area contributed by atoms with Gasteiger partial charge >= 0.3 is 0 Å². The van der Waals surface area contributed by atoms with Gasteiger partial charge in [0.25, 0.3) is 0 Å². The molecule has 0 spiro atoms. The molecule has 106 valence electrons. The largest absolute Gasteiger partial charge is 0.308 e. The second-order valence-electron chi connectivity index (χ2n) is 5.69. The van der Waals surface area contributed by atoms with Crippen LogP contribution in [0.25, 0.3) is 0 Å². The number of nitrogen functional groups attached to an aromatic ring is 1. The van der Waals surface area contributed by atoms with Gasteiger partial charge in [-0.25, -0.2) is 10.8 Å². The smallest absolute Gasteiger partial charge is 0.140 e. The van der Waals surface area contributed by atoms with Crippen LogP contribution in [-0.4, -0.2) is 23.0 Å². The van der Waals surface area contributed by atoms with Crippen LogP contribution in [0.3, 0.4) is 0 Å². The van der Waals surface area contributed by atoms with Crippen LogP contribution in [0.5, 0.6) is 0 Å². The molecule has 0 radical (unpaired) electrons. The fraction of sp³-hybridized carbons (Fsp3) is 0.667. The average Bonchev–Trinajstić information content (AvgIpc) is 2.47. The summed E-state index contributed by atoms with van der Waals surface area (Å²) in [6.07, 6.45) is 8.59. The molecule has 0 atom stereocenters. The molecule has 4 nitrogen and oxygen atoms in total. The van der Waals surface area contributed by atoms with E-state index in [1.807, 2.05) is 12.3 Å². The van der Waals surface area contributed by atoms with Gasteiger partial charge in [-0.2, -0.15) is 0 Å². The van der Waals surface area contributed by atoms with E-state index in [9.17, 15) is 0 Å². The normalized spacial score (nSPS) is 23.6. The zero-order valence-corrected chi connectivity index (χ0v) is 12.1. The second-order valence-corrected chi connectivity index (χ2v) is 5.69. The molecule has 0 aromatic carbocycles. The van der Waals surface area contributed by atoms with Gasteiger partial charge in [0, 0.05) is 18.8 Å². The number of rotatable bonds is 5. The maximum atomic E-state index is 5.40. The first-order chi connectivity index (χ1) is 9.22. The monoisotopic (exact) mass is 262 g/mol. The Morgan fingerprint density at radius 3 is 2.74 bits per heavy atom. The van der Waals surface area contributed by atoms with Gasteiger partial charge < -0.3 is 5.43 Å². The molecule has 1 aromatic rings. The predicted octanol–water partition coefficient (Wildman–Crippen LogP) is 2.77. The Labute approximate surface area is 116 Å². The van der Waals surface area contributed by atoms with Crippen LogP contribution in [0.1, 0.15) is 44.6 Å². The fourth-order valence-electron chi connectivity index (χ4n) is 3.06. The van der Waals surface area contributed by atoms with E-state index in [1.54, 1.807) is 0 Å². The highest BCUT2D eigenvalue weighted by Crippen LogP contribution is 2.29. The molecule has 1 fully saturated rings. The Balaban J connectivity index is 1.88. The molecule has 1 aliphatic carbocycles. The minimum Gasteiger partial charge on any atom is -0.308 e. The van der Waals surface area contributed by atoms with E-state index in [0.717, 1.165) is 24.3 Å². The van der Waals surface area contributed by atoms with Gasteiger partial charge in [0.05, 0.1) is 0 Å². The lowest BCUT2D eigenvalue weighted by Crippen LogP contribution is -2.34. The molecule has 0 bridgehead atoms. The quantitative estimate of drug-likeness (QED) is 0.633. The molecule has 1 saturated carbocycles. The van der Waals surface area contributed by atoms with Gasteiger partial charge in [0.2, 0.25) is 0 Å². The Morgan fingerprint density at radius 1 is 1.37 bits per heavy atom. The maximum Gasteiger partial charge on any atom is 0.140 e. The summed E-state index contributed by atoms with van der Waals surface area (Å²) in [5.74, 6) is 7.09. The van der Waals surface area contributed by atoms with Crippen molar-refractivity contribution >= 4 is 5.82 Å². The average molecular weight is 262 g/mol. The summed E-state index contributed by atoms with van der Waals surface area (Å²) in [4.78, 5) is 6.62. The molecule has 2 rings (SSSR count). The zero-order chi connectivity index (χ0) is 13.7. The topological polar surface area (TPSA) is 54.2 Å². The molecule has 19 heavy (non-hydrogen) atoms.